The van der Waals surface area contributed by atoms with E-state index in [9.17, 15) is 9.59 Å². The molecule has 3 aromatic rings. The summed E-state index contributed by atoms with van der Waals surface area (Å²) in [6.45, 7) is 1.89. The third kappa shape index (κ3) is 3.97. The molecule has 134 valence electrons. The number of rotatable bonds is 6. The Bertz CT molecular complexity index is 1010. The van der Waals surface area contributed by atoms with Crippen LogP contribution < -0.4 is 15.9 Å². The number of carbonyl (C=O) groups is 1. The van der Waals surface area contributed by atoms with Crippen molar-refractivity contribution in [2.24, 2.45) is 12.8 Å². The number of nitrogens with zero attached hydrogens (tertiary/aromatic N) is 3. The van der Waals surface area contributed by atoms with Crippen molar-refractivity contribution >= 4 is 28.9 Å². The number of hydrogen-bond acceptors (Lipinski definition) is 6. The van der Waals surface area contributed by atoms with E-state index in [-0.39, 0.29) is 10.8 Å². The van der Waals surface area contributed by atoms with Gasteiger partial charge in [-0.05, 0) is 37.1 Å². The topological polar surface area (TPSA) is 103 Å². The molecule has 0 atom stereocenters. The summed E-state index contributed by atoms with van der Waals surface area (Å²) in [6.07, 6.45) is 2.55. The second kappa shape index (κ2) is 7.49. The quantitative estimate of drug-likeness (QED) is 0.694. The molecule has 3 N–H and O–H groups in total. The first kappa shape index (κ1) is 17.8. The number of amides is 1. The fourth-order valence-electron chi connectivity index (χ4n) is 2.50. The van der Waals surface area contributed by atoms with Crippen LogP contribution in [0.15, 0.2) is 41.3 Å². The predicted octanol–water partition coefficient (Wildman–Crippen LogP) is 2.37. The van der Waals surface area contributed by atoms with Crippen molar-refractivity contribution in [1.82, 2.24) is 14.5 Å². The number of aryl methyl sites for hydroxylation is 1. The van der Waals surface area contributed by atoms with Crippen molar-refractivity contribution in [3.8, 4) is 10.6 Å². The molecule has 26 heavy (non-hydrogen) atoms. The van der Waals surface area contributed by atoms with Crippen molar-refractivity contribution in [3.63, 3.8) is 0 Å². The number of aromatic nitrogens is 3. The zero-order valence-electron chi connectivity index (χ0n) is 14.5. The minimum atomic E-state index is -0.323. The summed E-state index contributed by atoms with van der Waals surface area (Å²) in [5.41, 5.74) is 8.60. The van der Waals surface area contributed by atoms with E-state index in [1.54, 1.807) is 23.9 Å². The van der Waals surface area contributed by atoms with E-state index in [2.05, 4.69) is 15.3 Å². The van der Waals surface area contributed by atoms with Crippen LogP contribution in [0, 0.1) is 6.92 Å². The average molecular weight is 369 g/mol. The third-order valence-electron chi connectivity index (χ3n) is 4.03. The number of nitrogens with two attached hydrogens (primary N) is 1. The summed E-state index contributed by atoms with van der Waals surface area (Å²) in [5, 5.41) is 3.16. The molecule has 0 spiro atoms. The summed E-state index contributed by atoms with van der Waals surface area (Å²) in [6, 6.07) is 9.46. The molecule has 0 aliphatic heterocycles. The highest BCUT2D eigenvalue weighted by molar-refractivity contribution is 7.13. The average Bonchev–Trinajstić information content (AvgIpc) is 2.88. The van der Waals surface area contributed by atoms with Gasteiger partial charge in [-0.25, -0.2) is 9.97 Å². The Morgan fingerprint density at radius 2 is 2.15 bits per heavy atom. The first-order valence-electron chi connectivity index (χ1n) is 8.08. The molecule has 0 fully saturated rings. The smallest absolute Gasteiger partial charge is 0.307 e. The molecule has 3 rings (SSSR count). The highest BCUT2D eigenvalue weighted by Gasteiger charge is 2.12. The van der Waals surface area contributed by atoms with Gasteiger partial charge in [0.2, 0.25) is 11.9 Å². The van der Waals surface area contributed by atoms with Gasteiger partial charge in [0.15, 0.2) is 0 Å². The zero-order valence-corrected chi connectivity index (χ0v) is 15.3. The Kier molecular flexibility index (Phi) is 5.13. The standard InChI is InChI=1S/C18H19N5O2S/c1-11-16(26-18(25)23(11)2)14-8-9-20-17(22-14)21-13-5-3-4-12(10-13)6-7-15(19)24/h3-5,8-10H,6-7H2,1-2H3,(H2,19,24)(H,20,21,22). The van der Waals surface area contributed by atoms with Crippen LogP contribution in [-0.2, 0) is 18.3 Å². The Morgan fingerprint density at radius 1 is 1.35 bits per heavy atom. The van der Waals surface area contributed by atoms with Crippen LogP contribution in [0.2, 0.25) is 0 Å². The van der Waals surface area contributed by atoms with Gasteiger partial charge >= 0.3 is 4.87 Å². The molecule has 7 nitrogen and oxygen atoms in total. The lowest BCUT2D eigenvalue weighted by atomic mass is 10.1. The van der Waals surface area contributed by atoms with Crippen LogP contribution in [0.5, 0.6) is 0 Å². The summed E-state index contributed by atoms with van der Waals surface area (Å²) in [4.78, 5) is 32.4. The maximum atomic E-state index is 11.8. The van der Waals surface area contributed by atoms with E-state index in [4.69, 9.17) is 5.73 Å². The van der Waals surface area contributed by atoms with Gasteiger partial charge in [-0.15, -0.1) is 0 Å². The van der Waals surface area contributed by atoms with Crippen molar-refractivity contribution in [2.75, 3.05) is 5.32 Å². The third-order valence-corrected chi connectivity index (χ3v) is 5.18. The first-order chi connectivity index (χ1) is 12.4. The SMILES string of the molecule is Cc1c(-c2ccnc(Nc3cccc(CCC(N)=O)c3)n2)sc(=O)n1C. The highest BCUT2D eigenvalue weighted by Crippen LogP contribution is 2.25. The van der Waals surface area contributed by atoms with Crippen LogP contribution in [0.25, 0.3) is 10.6 Å². The Balaban J connectivity index is 1.83. The maximum absolute atomic E-state index is 11.8. The van der Waals surface area contributed by atoms with Gasteiger partial charge in [-0.1, -0.05) is 23.5 Å². The summed E-state index contributed by atoms with van der Waals surface area (Å²) < 4.78 is 1.61. The van der Waals surface area contributed by atoms with E-state index in [0.29, 0.717) is 24.5 Å². The molecule has 0 aliphatic carbocycles. The molecule has 0 saturated heterocycles. The summed E-state index contributed by atoms with van der Waals surface area (Å²) in [7, 11) is 1.75. The van der Waals surface area contributed by atoms with Gasteiger partial charge in [-0.3, -0.25) is 9.59 Å². The maximum Gasteiger partial charge on any atom is 0.307 e. The minimum Gasteiger partial charge on any atom is -0.370 e. The van der Waals surface area contributed by atoms with Crippen LogP contribution in [0.4, 0.5) is 11.6 Å². The number of anilines is 2. The van der Waals surface area contributed by atoms with Crippen molar-refractivity contribution < 1.29 is 4.79 Å². The van der Waals surface area contributed by atoms with E-state index < -0.39 is 0 Å². The Hall–Kier alpha value is -3.00. The lowest BCUT2D eigenvalue weighted by Crippen LogP contribution is -2.11. The van der Waals surface area contributed by atoms with Gasteiger partial charge in [0.25, 0.3) is 0 Å². The van der Waals surface area contributed by atoms with Crippen LogP contribution >= 0.6 is 11.3 Å². The molecule has 2 heterocycles. The number of primary amides is 1. The molecule has 1 aromatic carbocycles. The Morgan fingerprint density at radius 3 is 2.85 bits per heavy atom. The lowest BCUT2D eigenvalue weighted by Gasteiger charge is -2.08. The molecule has 8 heteroatoms. The van der Waals surface area contributed by atoms with Gasteiger partial charge in [0, 0.05) is 31.0 Å². The predicted molar refractivity (Wildman–Crippen MR) is 103 cm³/mol. The Labute approximate surface area is 154 Å². The van der Waals surface area contributed by atoms with Crippen molar-refractivity contribution in [2.45, 2.75) is 19.8 Å². The molecule has 2 aromatic heterocycles. The molecular formula is C18H19N5O2S. The lowest BCUT2D eigenvalue weighted by molar-refractivity contribution is -0.117. The normalized spacial score (nSPS) is 10.7. The molecule has 1 amide bonds. The molecule has 0 radical (unpaired) electrons. The summed E-state index contributed by atoms with van der Waals surface area (Å²) in [5.74, 6) is 0.120. The zero-order chi connectivity index (χ0) is 18.7. The number of nitrogens with one attached hydrogen (secondary N) is 1. The molecule has 0 aliphatic rings. The largest absolute Gasteiger partial charge is 0.370 e. The van der Waals surface area contributed by atoms with Gasteiger partial charge in [0.1, 0.15) is 0 Å². The van der Waals surface area contributed by atoms with Gasteiger partial charge in [0.05, 0.1) is 10.6 Å². The summed E-state index contributed by atoms with van der Waals surface area (Å²) >= 11 is 1.17. The highest BCUT2D eigenvalue weighted by atomic mass is 32.1. The van der Waals surface area contributed by atoms with Gasteiger partial charge < -0.3 is 15.6 Å². The van der Waals surface area contributed by atoms with E-state index in [0.717, 1.165) is 21.8 Å². The fraction of sp³-hybridized carbons (Fsp3) is 0.222. The minimum absolute atomic E-state index is 0.0206. The first-order valence-corrected chi connectivity index (χ1v) is 8.90. The molecule has 0 bridgehead atoms. The number of thiazole rings is 1. The second-order valence-corrected chi connectivity index (χ2v) is 6.86. The second-order valence-electron chi connectivity index (χ2n) is 5.90. The van der Waals surface area contributed by atoms with E-state index in [1.807, 2.05) is 31.2 Å². The number of carbonyl (C=O) groups excluding carboxylic acids is 1. The van der Waals surface area contributed by atoms with Crippen LogP contribution in [0.3, 0.4) is 0 Å². The molecule has 0 saturated carbocycles. The van der Waals surface area contributed by atoms with Crippen LogP contribution in [-0.4, -0.2) is 20.4 Å². The van der Waals surface area contributed by atoms with Crippen LogP contribution in [0.1, 0.15) is 17.7 Å². The number of benzene rings is 1. The van der Waals surface area contributed by atoms with Crippen molar-refractivity contribution in [3.05, 3.63) is 57.5 Å². The van der Waals surface area contributed by atoms with Gasteiger partial charge in [-0.2, -0.15) is 0 Å². The van der Waals surface area contributed by atoms with E-state index in [1.165, 1.54) is 11.3 Å². The van der Waals surface area contributed by atoms with E-state index >= 15 is 0 Å². The fourth-order valence-corrected chi connectivity index (χ4v) is 3.45. The molecular weight excluding hydrogens is 350 g/mol. The monoisotopic (exact) mass is 369 g/mol. The number of hydrogen-bond donors (Lipinski definition) is 2. The van der Waals surface area contributed by atoms with Crippen molar-refractivity contribution in [1.29, 1.82) is 0 Å². The molecule has 0 unspecified atom stereocenters.